The fraction of sp³-hybridized carbons (Fsp3) is 0.280. The quantitative estimate of drug-likeness (QED) is 0.342. The van der Waals surface area contributed by atoms with Crippen LogP contribution in [-0.2, 0) is 17.6 Å². The van der Waals surface area contributed by atoms with Gasteiger partial charge in [-0.3, -0.25) is 9.78 Å². The molecule has 0 unspecified atom stereocenters. The highest BCUT2D eigenvalue weighted by Gasteiger charge is 2.15. The highest BCUT2D eigenvalue weighted by molar-refractivity contribution is 7.80. The van der Waals surface area contributed by atoms with E-state index in [4.69, 9.17) is 17.0 Å². The van der Waals surface area contributed by atoms with Crippen LogP contribution in [0.1, 0.15) is 46.9 Å². The van der Waals surface area contributed by atoms with Gasteiger partial charge in [-0.15, -0.1) is 0 Å². The summed E-state index contributed by atoms with van der Waals surface area (Å²) in [6.45, 7) is 2.10. The molecule has 8 heteroatoms. The number of esters is 1. The van der Waals surface area contributed by atoms with E-state index in [1.54, 1.807) is 13.1 Å². The molecule has 0 bridgehead atoms. The summed E-state index contributed by atoms with van der Waals surface area (Å²) < 4.78 is 4.90. The summed E-state index contributed by atoms with van der Waals surface area (Å²) in [7, 11) is 3.07. The molecule has 0 amide bonds. The molecule has 0 atom stereocenters. The lowest BCUT2D eigenvalue weighted by molar-refractivity contribution is 0.0601. The zero-order chi connectivity index (χ0) is 23.8. The van der Waals surface area contributed by atoms with E-state index in [-0.39, 0.29) is 11.5 Å². The number of hydrogen-bond acceptors (Lipinski definition) is 5. The molecular formula is C25H28N4O3S. The third kappa shape index (κ3) is 6.04. The molecule has 1 heterocycles. The van der Waals surface area contributed by atoms with E-state index in [1.807, 2.05) is 42.5 Å². The predicted octanol–water partition coefficient (Wildman–Crippen LogP) is 4.07. The van der Waals surface area contributed by atoms with Crippen LogP contribution in [0.25, 0.3) is 11.1 Å². The number of benzene rings is 2. The maximum absolute atomic E-state index is 12.9. The molecule has 0 saturated carbocycles. The van der Waals surface area contributed by atoms with Gasteiger partial charge in [-0.1, -0.05) is 55.8 Å². The first kappa shape index (κ1) is 24.1. The maximum Gasteiger partial charge on any atom is 0.338 e. The SMILES string of the molecule is CCCCc1nc(NC(=S)NC)[nH]c(=O)c1Cc1ccc(-c2ccccc2C(=O)OC)cc1. The number of aromatic nitrogens is 2. The third-order valence-electron chi connectivity index (χ3n) is 5.31. The minimum atomic E-state index is -0.376. The molecule has 0 aliphatic heterocycles. The number of H-pyrrole nitrogens is 1. The average molecular weight is 465 g/mol. The van der Waals surface area contributed by atoms with E-state index in [9.17, 15) is 9.59 Å². The predicted molar refractivity (Wildman–Crippen MR) is 135 cm³/mol. The third-order valence-corrected chi connectivity index (χ3v) is 5.61. The van der Waals surface area contributed by atoms with Gasteiger partial charge in [-0.25, -0.2) is 9.78 Å². The minimum absolute atomic E-state index is 0.183. The molecular weight excluding hydrogens is 436 g/mol. The van der Waals surface area contributed by atoms with E-state index in [0.29, 0.717) is 35.0 Å². The van der Waals surface area contributed by atoms with Crippen LogP contribution in [-0.4, -0.2) is 35.2 Å². The number of aryl methyl sites for hydroxylation is 1. The molecule has 0 radical (unpaired) electrons. The van der Waals surface area contributed by atoms with Gasteiger partial charge in [0.25, 0.3) is 5.56 Å². The second-order valence-corrected chi connectivity index (χ2v) is 7.97. The zero-order valence-corrected chi connectivity index (χ0v) is 19.8. The lowest BCUT2D eigenvalue weighted by Crippen LogP contribution is -2.28. The van der Waals surface area contributed by atoms with Gasteiger partial charge < -0.3 is 15.4 Å². The fourth-order valence-electron chi connectivity index (χ4n) is 3.54. The Labute approximate surface area is 198 Å². The Hall–Kier alpha value is -3.52. The van der Waals surface area contributed by atoms with Crippen molar-refractivity contribution in [2.75, 3.05) is 19.5 Å². The van der Waals surface area contributed by atoms with E-state index < -0.39 is 0 Å². The molecule has 172 valence electrons. The molecule has 1 aromatic heterocycles. The van der Waals surface area contributed by atoms with Crippen molar-refractivity contribution in [3.05, 3.63) is 81.3 Å². The van der Waals surface area contributed by atoms with Crippen LogP contribution in [0, 0.1) is 0 Å². The Balaban J connectivity index is 1.90. The summed E-state index contributed by atoms with van der Waals surface area (Å²) in [5, 5.41) is 6.10. The molecule has 3 aromatic rings. The molecule has 2 aromatic carbocycles. The van der Waals surface area contributed by atoms with Gasteiger partial charge >= 0.3 is 5.97 Å². The summed E-state index contributed by atoms with van der Waals surface area (Å²) in [4.78, 5) is 32.4. The molecule has 33 heavy (non-hydrogen) atoms. The van der Waals surface area contributed by atoms with E-state index in [2.05, 4.69) is 27.5 Å². The standard InChI is InChI=1S/C25H28N4O3S/c1-4-5-10-21-20(22(30)28-24(27-21)29-25(33)26-2)15-16-11-13-17(14-12-16)18-8-6-7-9-19(18)23(31)32-3/h6-9,11-14H,4-5,10,15H2,1-3H3,(H3,26,27,28,29,30,33). The van der Waals surface area contributed by atoms with Crippen LogP contribution < -0.4 is 16.2 Å². The number of thiocarbonyl (C=S) groups is 1. The summed E-state index contributed by atoms with van der Waals surface area (Å²) in [5.74, 6) is -0.0386. The largest absolute Gasteiger partial charge is 0.465 e. The number of unbranched alkanes of at least 4 members (excludes halogenated alkanes) is 1. The van der Waals surface area contributed by atoms with Crippen molar-refractivity contribution in [1.29, 1.82) is 0 Å². The van der Waals surface area contributed by atoms with Gasteiger partial charge in [0, 0.05) is 19.0 Å². The van der Waals surface area contributed by atoms with Crippen molar-refractivity contribution < 1.29 is 9.53 Å². The van der Waals surface area contributed by atoms with Crippen LogP contribution in [0.2, 0.25) is 0 Å². The van der Waals surface area contributed by atoms with E-state index >= 15 is 0 Å². The first-order chi connectivity index (χ1) is 16.0. The van der Waals surface area contributed by atoms with Gasteiger partial charge in [-0.2, -0.15) is 0 Å². The molecule has 3 N–H and O–H groups in total. The topological polar surface area (TPSA) is 96.1 Å². The van der Waals surface area contributed by atoms with Gasteiger partial charge in [0.2, 0.25) is 5.95 Å². The number of hydrogen-bond donors (Lipinski definition) is 3. The molecule has 7 nitrogen and oxygen atoms in total. The maximum atomic E-state index is 12.9. The van der Waals surface area contributed by atoms with Gasteiger partial charge in [0.1, 0.15) is 0 Å². The number of carbonyl (C=O) groups is 1. The van der Waals surface area contributed by atoms with Crippen LogP contribution in [0.5, 0.6) is 0 Å². The minimum Gasteiger partial charge on any atom is -0.465 e. The molecule has 0 spiro atoms. The van der Waals surface area contributed by atoms with Crippen molar-refractivity contribution in [2.45, 2.75) is 32.6 Å². The van der Waals surface area contributed by atoms with Crippen LogP contribution in [0.3, 0.4) is 0 Å². The fourth-order valence-corrected chi connectivity index (χ4v) is 3.63. The van der Waals surface area contributed by atoms with Gasteiger partial charge in [0.15, 0.2) is 5.11 Å². The smallest absolute Gasteiger partial charge is 0.338 e. The Bertz CT molecular complexity index is 1190. The Morgan fingerprint density at radius 2 is 1.88 bits per heavy atom. The average Bonchev–Trinajstić information content (AvgIpc) is 2.84. The summed E-state index contributed by atoms with van der Waals surface area (Å²) in [5.41, 5.74) is 4.42. The molecule has 0 aliphatic rings. The van der Waals surface area contributed by atoms with Gasteiger partial charge in [0.05, 0.1) is 18.4 Å². The highest BCUT2D eigenvalue weighted by atomic mass is 32.1. The van der Waals surface area contributed by atoms with Crippen molar-refractivity contribution in [3.8, 4) is 11.1 Å². The van der Waals surface area contributed by atoms with Crippen molar-refractivity contribution >= 4 is 29.2 Å². The number of aromatic amines is 1. The molecule has 0 saturated heterocycles. The lowest BCUT2D eigenvalue weighted by atomic mass is 9.96. The number of ether oxygens (including phenoxy) is 1. The van der Waals surface area contributed by atoms with Crippen molar-refractivity contribution in [1.82, 2.24) is 15.3 Å². The monoisotopic (exact) mass is 464 g/mol. The normalized spacial score (nSPS) is 10.5. The second kappa shape index (κ2) is 11.4. The first-order valence-corrected chi connectivity index (χ1v) is 11.2. The molecule has 0 aliphatic carbocycles. The van der Waals surface area contributed by atoms with Crippen LogP contribution >= 0.6 is 12.2 Å². The van der Waals surface area contributed by atoms with E-state index in [1.165, 1.54) is 7.11 Å². The number of nitrogens with zero attached hydrogens (tertiary/aromatic N) is 1. The Morgan fingerprint density at radius 3 is 2.55 bits per heavy atom. The first-order valence-electron chi connectivity index (χ1n) is 10.8. The number of carbonyl (C=O) groups excluding carboxylic acids is 1. The Morgan fingerprint density at radius 1 is 1.15 bits per heavy atom. The van der Waals surface area contributed by atoms with E-state index in [0.717, 1.165) is 35.2 Å². The number of rotatable bonds is 8. The second-order valence-electron chi connectivity index (χ2n) is 7.56. The number of anilines is 1. The number of nitrogens with one attached hydrogen (secondary N) is 3. The summed E-state index contributed by atoms with van der Waals surface area (Å²) in [6.07, 6.45) is 3.10. The van der Waals surface area contributed by atoms with Gasteiger partial charge in [-0.05, 0) is 47.8 Å². The van der Waals surface area contributed by atoms with Crippen molar-refractivity contribution in [3.63, 3.8) is 0 Å². The highest BCUT2D eigenvalue weighted by Crippen LogP contribution is 2.25. The zero-order valence-electron chi connectivity index (χ0n) is 19.0. The van der Waals surface area contributed by atoms with Crippen molar-refractivity contribution in [2.24, 2.45) is 0 Å². The lowest BCUT2D eigenvalue weighted by Gasteiger charge is -2.12. The molecule has 0 fully saturated rings. The number of methoxy groups -OCH3 is 1. The molecule has 3 rings (SSSR count). The van der Waals surface area contributed by atoms with Crippen LogP contribution in [0.4, 0.5) is 5.95 Å². The summed E-state index contributed by atoms with van der Waals surface area (Å²) in [6, 6.07) is 15.2. The van der Waals surface area contributed by atoms with Crippen LogP contribution in [0.15, 0.2) is 53.3 Å². The summed E-state index contributed by atoms with van der Waals surface area (Å²) >= 11 is 5.12. The Kier molecular flexibility index (Phi) is 8.32.